The molecule has 2 aromatic rings. The lowest BCUT2D eigenvalue weighted by Crippen LogP contribution is -2.56. The van der Waals surface area contributed by atoms with Crippen molar-refractivity contribution in [2.24, 2.45) is 0 Å². The van der Waals surface area contributed by atoms with Gasteiger partial charge in [0.05, 0.1) is 35.4 Å². The molecule has 1 fully saturated rings. The highest BCUT2D eigenvalue weighted by Gasteiger charge is 2.32. The maximum absolute atomic E-state index is 12.6. The summed E-state index contributed by atoms with van der Waals surface area (Å²) in [5.74, 6) is -1.25. The van der Waals surface area contributed by atoms with Gasteiger partial charge in [-0.25, -0.2) is 4.79 Å². The number of hydrogen-bond donors (Lipinski definition) is 4. The molecule has 1 aliphatic rings. The first-order chi connectivity index (χ1) is 17.1. The van der Waals surface area contributed by atoms with E-state index < -0.39 is 23.5 Å². The highest BCUT2D eigenvalue weighted by atomic mass is 35.5. The number of H-pyrrole nitrogens is 1. The van der Waals surface area contributed by atoms with E-state index in [4.69, 9.17) is 26.8 Å². The Morgan fingerprint density at radius 1 is 1.25 bits per heavy atom. The molecule has 0 unspecified atom stereocenters. The predicted molar refractivity (Wildman–Crippen MR) is 135 cm³/mol. The van der Waals surface area contributed by atoms with Gasteiger partial charge in [-0.2, -0.15) is 0 Å². The molecule has 0 aliphatic carbocycles. The molecule has 2 heterocycles. The van der Waals surface area contributed by atoms with E-state index >= 15 is 0 Å². The van der Waals surface area contributed by atoms with E-state index in [1.165, 1.54) is 13.2 Å². The number of nitrogens with zero attached hydrogens (tertiary/aromatic N) is 1. The number of ether oxygens (including phenoxy) is 2. The van der Waals surface area contributed by atoms with E-state index in [-0.39, 0.29) is 41.0 Å². The average molecular weight is 520 g/mol. The van der Waals surface area contributed by atoms with E-state index in [1.54, 1.807) is 38.1 Å². The fourth-order valence-corrected chi connectivity index (χ4v) is 3.99. The van der Waals surface area contributed by atoms with Crippen LogP contribution in [0.2, 0.25) is 5.02 Å². The summed E-state index contributed by atoms with van der Waals surface area (Å²) in [6, 6.07) is 7.32. The van der Waals surface area contributed by atoms with Crippen LogP contribution >= 0.6 is 11.6 Å². The van der Waals surface area contributed by atoms with Crippen LogP contribution in [0, 0.1) is 0 Å². The fourth-order valence-electron chi connectivity index (χ4n) is 3.84. The van der Waals surface area contributed by atoms with Gasteiger partial charge in [0.1, 0.15) is 11.4 Å². The molecule has 0 radical (unpaired) electrons. The Hall–Kier alpha value is -3.41. The van der Waals surface area contributed by atoms with Crippen LogP contribution in [0.25, 0.3) is 0 Å². The Morgan fingerprint density at radius 3 is 2.58 bits per heavy atom. The van der Waals surface area contributed by atoms with Gasteiger partial charge < -0.3 is 30.8 Å². The SMILES string of the molecule is CO[C@@H]1CN(CC(=O)Nc2ccc(C(=O)OC(C)C)cc2)CC[C@@H]1NC(=O)c1cc(Cl)c(N)[nH]c1=O. The Balaban J connectivity index is 1.53. The summed E-state index contributed by atoms with van der Waals surface area (Å²) >= 11 is 5.93. The lowest BCUT2D eigenvalue weighted by molar-refractivity contribution is -0.118. The van der Waals surface area contributed by atoms with Crippen molar-refractivity contribution < 1.29 is 23.9 Å². The number of hydrogen-bond acceptors (Lipinski definition) is 8. The third-order valence-corrected chi connectivity index (χ3v) is 5.96. The second kappa shape index (κ2) is 12.0. The number of anilines is 2. The lowest BCUT2D eigenvalue weighted by Gasteiger charge is -2.37. The molecular weight excluding hydrogens is 490 g/mol. The smallest absolute Gasteiger partial charge is 0.338 e. The molecular formula is C24H30ClN5O6. The van der Waals surface area contributed by atoms with E-state index in [1.807, 2.05) is 4.90 Å². The molecule has 5 N–H and O–H groups in total. The summed E-state index contributed by atoms with van der Waals surface area (Å²) in [6.45, 7) is 4.58. The number of likely N-dealkylation sites (tertiary alicyclic amines) is 1. The number of benzene rings is 1. The van der Waals surface area contributed by atoms with Crippen molar-refractivity contribution in [1.29, 1.82) is 0 Å². The van der Waals surface area contributed by atoms with Crippen molar-refractivity contribution in [3.8, 4) is 0 Å². The van der Waals surface area contributed by atoms with Crippen LogP contribution in [0.3, 0.4) is 0 Å². The first kappa shape index (κ1) is 27.2. The summed E-state index contributed by atoms with van der Waals surface area (Å²) < 4.78 is 10.7. The van der Waals surface area contributed by atoms with Crippen LogP contribution in [0.5, 0.6) is 0 Å². The van der Waals surface area contributed by atoms with E-state index in [0.717, 1.165) is 0 Å². The predicted octanol–water partition coefficient (Wildman–Crippen LogP) is 1.63. The average Bonchev–Trinajstić information content (AvgIpc) is 2.82. The van der Waals surface area contributed by atoms with Crippen molar-refractivity contribution in [2.75, 3.05) is 37.8 Å². The summed E-state index contributed by atoms with van der Waals surface area (Å²) in [6.07, 6.45) is -0.112. The number of carbonyl (C=O) groups excluding carboxylic acids is 3. The first-order valence-electron chi connectivity index (χ1n) is 11.4. The molecule has 12 heteroatoms. The molecule has 0 spiro atoms. The minimum atomic E-state index is -0.637. The number of esters is 1. The molecule has 2 atom stereocenters. The van der Waals surface area contributed by atoms with Gasteiger partial charge in [0.2, 0.25) is 5.91 Å². The number of nitrogens with one attached hydrogen (secondary N) is 3. The van der Waals surface area contributed by atoms with Gasteiger partial charge in [-0.05, 0) is 50.6 Å². The standard InChI is InChI=1S/C24H30ClN5O6/c1-13(2)36-24(34)14-4-6-15(7-5-14)27-20(31)12-30-9-8-18(19(11-30)35-3)28-22(32)16-10-17(25)21(26)29-23(16)33/h4-7,10,13,18-19H,8-9,11-12H2,1-3H3,(H,27,31)(H,28,32)(H3,26,29,33)/t18-,19+/m0/s1. The number of aromatic amines is 1. The van der Waals surface area contributed by atoms with Crippen molar-refractivity contribution in [3.05, 3.63) is 56.8 Å². The van der Waals surface area contributed by atoms with E-state index in [0.29, 0.717) is 30.8 Å². The number of carbonyl (C=O) groups is 3. The molecule has 36 heavy (non-hydrogen) atoms. The van der Waals surface area contributed by atoms with Gasteiger partial charge in [0, 0.05) is 25.9 Å². The minimum Gasteiger partial charge on any atom is -0.459 e. The third kappa shape index (κ3) is 7.06. The molecule has 1 saturated heterocycles. The van der Waals surface area contributed by atoms with Crippen LogP contribution in [0.4, 0.5) is 11.5 Å². The van der Waals surface area contributed by atoms with Gasteiger partial charge in [-0.3, -0.25) is 19.3 Å². The Kier molecular flexibility index (Phi) is 9.08. The fraction of sp³-hybridized carbons (Fsp3) is 0.417. The molecule has 1 aromatic carbocycles. The molecule has 1 aliphatic heterocycles. The van der Waals surface area contributed by atoms with Crippen LogP contribution in [0.15, 0.2) is 35.1 Å². The molecule has 11 nitrogen and oxygen atoms in total. The van der Waals surface area contributed by atoms with Crippen molar-refractivity contribution >= 4 is 40.9 Å². The zero-order chi connectivity index (χ0) is 26.4. The van der Waals surface area contributed by atoms with E-state index in [2.05, 4.69) is 15.6 Å². The second-order valence-electron chi connectivity index (χ2n) is 8.73. The summed E-state index contributed by atoms with van der Waals surface area (Å²) in [7, 11) is 1.52. The Labute approximate surface area is 213 Å². The van der Waals surface area contributed by atoms with Crippen molar-refractivity contribution in [3.63, 3.8) is 0 Å². The topological polar surface area (TPSA) is 156 Å². The molecule has 194 valence electrons. The summed E-state index contributed by atoms with van der Waals surface area (Å²) in [4.78, 5) is 53.5. The molecule has 0 bridgehead atoms. The summed E-state index contributed by atoms with van der Waals surface area (Å²) in [5, 5.41) is 5.70. The molecule has 1 aromatic heterocycles. The number of nitrogen functional groups attached to an aromatic ring is 1. The monoisotopic (exact) mass is 519 g/mol. The number of piperidine rings is 1. The van der Waals surface area contributed by atoms with Gasteiger partial charge in [0.25, 0.3) is 11.5 Å². The zero-order valence-corrected chi connectivity index (χ0v) is 21.1. The first-order valence-corrected chi connectivity index (χ1v) is 11.8. The van der Waals surface area contributed by atoms with Crippen LogP contribution in [-0.2, 0) is 14.3 Å². The highest BCUT2D eigenvalue weighted by molar-refractivity contribution is 6.33. The van der Waals surface area contributed by atoms with Gasteiger partial charge in [-0.1, -0.05) is 11.6 Å². The number of rotatable bonds is 8. The van der Waals surface area contributed by atoms with E-state index in [9.17, 15) is 19.2 Å². The zero-order valence-electron chi connectivity index (χ0n) is 20.3. The number of nitrogens with two attached hydrogens (primary N) is 1. The van der Waals surface area contributed by atoms with Crippen LogP contribution in [0.1, 0.15) is 41.0 Å². The normalized spacial score (nSPS) is 18.0. The minimum absolute atomic E-state index is 0.0101. The lowest BCUT2D eigenvalue weighted by atomic mass is 10.0. The largest absolute Gasteiger partial charge is 0.459 e. The number of pyridine rings is 1. The van der Waals surface area contributed by atoms with Crippen LogP contribution in [-0.4, -0.2) is 72.7 Å². The number of halogens is 1. The van der Waals surface area contributed by atoms with Gasteiger partial charge in [0.15, 0.2) is 0 Å². The molecule has 3 rings (SSSR count). The number of aromatic nitrogens is 1. The molecule has 2 amide bonds. The summed E-state index contributed by atoms with van der Waals surface area (Å²) in [5.41, 5.74) is 5.73. The molecule has 0 saturated carbocycles. The number of methoxy groups -OCH3 is 1. The Morgan fingerprint density at radius 2 is 1.94 bits per heavy atom. The quantitative estimate of drug-likeness (QED) is 0.383. The van der Waals surface area contributed by atoms with Gasteiger partial charge >= 0.3 is 5.97 Å². The maximum Gasteiger partial charge on any atom is 0.338 e. The maximum atomic E-state index is 12.6. The third-order valence-electron chi connectivity index (χ3n) is 5.64. The second-order valence-corrected chi connectivity index (χ2v) is 9.14. The Bertz CT molecular complexity index is 1170. The van der Waals surface area contributed by atoms with Crippen molar-refractivity contribution in [1.82, 2.24) is 15.2 Å². The van der Waals surface area contributed by atoms with Gasteiger partial charge in [-0.15, -0.1) is 0 Å². The van der Waals surface area contributed by atoms with Crippen LogP contribution < -0.4 is 21.9 Å². The highest BCUT2D eigenvalue weighted by Crippen LogP contribution is 2.17. The van der Waals surface area contributed by atoms with Crippen molar-refractivity contribution in [2.45, 2.75) is 38.5 Å². The number of amides is 2.